The summed E-state index contributed by atoms with van der Waals surface area (Å²) >= 11 is 6.24. The highest BCUT2D eigenvalue weighted by Crippen LogP contribution is 2.28. The van der Waals surface area contributed by atoms with Gasteiger partial charge >= 0.3 is 0 Å². The predicted molar refractivity (Wildman–Crippen MR) is 90.1 cm³/mol. The van der Waals surface area contributed by atoms with Crippen molar-refractivity contribution in [1.29, 1.82) is 0 Å². The normalized spacial score (nSPS) is 16.3. The van der Waals surface area contributed by atoms with Gasteiger partial charge in [-0.1, -0.05) is 44.2 Å². The summed E-state index contributed by atoms with van der Waals surface area (Å²) in [5, 5.41) is 7.04. The minimum Gasteiger partial charge on any atom is -0.384 e. The second-order valence-electron chi connectivity index (χ2n) is 5.83. The highest BCUT2D eigenvalue weighted by Gasteiger charge is 2.13. The molecule has 0 aromatic heterocycles. The summed E-state index contributed by atoms with van der Waals surface area (Å²) in [4.78, 5) is 11.5. The lowest BCUT2D eigenvalue weighted by Crippen LogP contribution is -2.14. The highest BCUT2D eigenvalue weighted by atomic mass is 35.5. The SMILES string of the molecule is CCC(=O)Nc1ccc(Cl)c(NCC2CCCCCC2)c1. The zero-order valence-corrected chi connectivity index (χ0v) is 13.5. The van der Waals surface area contributed by atoms with Crippen LogP contribution in [-0.4, -0.2) is 12.5 Å². The third-order valence-electron chi connectivity index (χ3n) is 4.13. The van der Waals surface area contributed by atoms with Crippen LogP contribution in [-0.2, 0) is 4.79 Å². The smallest absolute Gasteiger partial charge is 0.224 e. The molecular formula is C17H25ClN2O. The van der Waals surface area contributed by atoms with E-state index >= 15 is 0 Å². The van der Waals surface area contributed by atoms with Crippen molar-refractivity contribution in [3.05, 3.63) is 23.2 Å². The van der Waals surface area contributed by atoms with Crippen molar-refractivity contribution in [3.63, 3.8) is 0 Å². The zero-order chi connectivity index (χ0) is 15.1. The summed E-state index contributed by atoms with van der Waals surface area (Å²) in [5.41, 5.74) is 1.71. The van der Waals surface area contributed by atoms with Crippen molar-refractivity contribution >= 4 is 28.9 Å². The number of hydrogen-bond acceptors (Lipinski definition) is 2. The first-order valence-corrected chi connectivity index (χ1v) is 8.40. The summed E-state index contributed by atoms with van der Waals surface area (Å²) < 4.78 is 0. The van der Waals surface area contributed by atoms with E-state index in [4.69, 9.17) is 11.6 Å². The Labute approximate surface area is 132 Å². The topological polar surface area (TPSA) is 41.1 Å². The van der Waals surface area contributed by atoms with Gasteiger partial charge in [0.2, 0.25) is 5.91 Å². The predicted octanol–water partition coefficient (Wildman–Crippen LogP) is 5.07. The number of anilines is 2. The molecule has 3 nitrogen and oxygen atoms in total. The fraction of sp³-hybridized carbons (Fsp3) is 0.588. The van der Waals surface area contributed by atoms with Crippen LogP contribution in [0.25, 0.3) is 0 Å². The van der Waals surface area contributed by atoms with Crippen LogP contribution in [0.15, 0.2) is 18.2 Å². The first kappa shape index (κ1) is 16.2. The summed E-state index contributed by atoms with van der Waals surface area (Å²) in [6.45, 7) is 2.81. The molecule has 0 saturated heterocycles. The van der Waals surface area contributed by atoms with E-state index < -0.39 is 0 Å². The molecule has 0 unspecified atom stereocenters. The molecule has 1 amide bonds. The van der Waals surface area contributed by atoms with Crippen molar-refractivity contribution < 1.29 is 4.79 Å². The van der Waals surface area contributed by atoms with Crippen LogP contribution >= 0.6 is 11.6 Å². The number of rotatable bonds is 5. The van der Waals surface area contributed by atoms with E-state index in [0.29, 0.717) is 11.4 Å². The number of benzene rings is 1. The lowest BCUT2D eigenvalue weighted by Gasteiger charge is -2.17. The molecule has 0 heterocycles. The number of nitrogens with one attached hydrogen (secondary N) is 2. The molecule has 1 aliphatic rings. The molecule has 1 aliphatic carbocycles. The van der Waals surface area contributed by atoms with Gasteiger partial charge in [0.25, 0.3) is 0 Å². The van der Waals surface area contributed by atoms with Crippen molar-refractivity contribution in [1.82, 2.24) is 0 Å². The Bertz CT molecular complexity index is 468. The van der Waals surface area contributed by atoms with Crippen molar-refractivity contribution in [2.75, 3.05) is 17.2 Å². The lowest BCUT2D eigenvalue weighted by molar-refractivity contribution is -0.115. The Hall–Kier alpha value is -1.22. The summed E-state index contributed by atoms with van der Waals surface area (Å²) in [5.74, 6) is 0.754. The average molecular weight is 309 g/mol. The van der Waals surface area contributed by atoms with Gasteiger partial charge in [-0.3, -0.25) is 4.79 Å². The summed E-state index contributed by atoms with van der Waals surface area (Å²) in [6.07, 6.45) is 8.51. The third-order valence-corrected chi connectivity index (χ3v) is 4.46. The molecule has 1 fully saturated rings. The largest absolute Gasteiger partial charge is 0.384 e. The molecule has 21 heavy (non-hydrogen) atoms. The number of carbonyl (C=O) groups is 1. The van der Waals surface area contributed by atoms with Gasteiger partial charge < -0.3 is 10.6 Å². The third kappa shape index (κ3) is 5.24. The van der Waals surface area contributed by atoms with Gasteiger partial charge in [0, 0.05) is 18.7 Å². The summed E-state index contributed by atoms with van der Waals surface area (Å²) in [6, 6.07) is 5.60. The van der Waals surface area contributed by atoms with Gasteiger partial charge in [-0.25, -0.2) is 0 Å². The molecule has 116 valence electrons. The van der Waals surface area contributed by atoms with Crippen molar-refractivity contribution in [2.24, 2.45) is 5.92 Å². The number of carbonyl (C=O) groups excluding carboxylic acids is 1. The second-order valence-corrected chi connectivity index (χ2v) is 6.24. The van der Waals surface area contributed by atoms with E-state index in [0.717, 1.165) is 23.8 Å². The van der Waals surface area contributed by atoms with Crippen molar-refractivity contribution in [2.45, 2.75) is 51.9 Å². The van der Waals surface area contributed by atoms with Gasteiger partial charge in [0.1, 0.15) is 0 Å². The van der Waals surface area contributed by atoms with Gasteiger partial charge in [-0.05, 0) is 37.0 Å². The van der Waals surface area contributed by atoms with Crippen LogP contribution in [0.1, 0.15) is 51.9 Å². The van der Waals surface area contributed by atoms with Crippen LogP contribution < -0.4 is 10.6 Å². The standard InChI is InChI=1S/C17H25ClN2O/c1-2-17(21)20-14-9-10-15(18)16(11-14)19-12-13-7-5-3-4-6-8-13/h9-11,13,19H,2-8,12H2,1H3,(H,20,21). The number of amides is 1. The molecule has 4 heteroatoms. The van der Waals surface area contributed by atoms with Crippen LogP contribution in [0.3, 0.4) is 0 Å². The maximum absolute atomic E-state index is 11.5. The van der Waals surface area contributed by atoms with Gasteiger partial charge in [0.15, 0.2) is 0 Å². The van der Waals surface area contributed by atoms with Crippen LogP contribution in [0.5, 0.6) is 0 Å². The quantitative estimate of drug-likeness (QED) is 0.745. The van der Waals surface area contributed by atoms with E-state index in [1.807, 2.05) is 25.1 Å². The first-order valence-electron chi connectivity index (χ1n) is 8.02. The number of halogens is 1. The molecular weight excluding hydrogens is 284 g/mol. The zero-order valence-electron chi connectivity index (χ0n) is 12.8. The first-order chi connectivity index (χ1) is 10.2. The maximum atomic E-state index is 11.5. The lowest BCUT2D eigenvalue weighted by atomic mass is 10.0. The van der Waals surface area contributed by atoms with E-state index in [1.54, 1.807) is 0 Å². The molecule has 1 aromatic rings. The van der Waals surface area contributed by atoms with E-state index in [1.165, 1.54) is 38.5 Å². The van der Waals surface area contributed by atoms with Crippen LogP contribution in [0.2, 0.25) is 5.02 Å². The molecule has 0 radical (unpaired) electrons. The minimum absolute atomic E-state index is 0.0204. The molecule has 0 aliphatic heterocycles. The summed E-state index contributed by atoms with van der Waals surface area (Å²) in [7, 11) is 0. The molecule has 0 bridgehead atoms. The molecule has 1 saturated carbocycles. The minimum atomic E-state index is 0.0204. The maximum Gasteiger partial charge on any atom is 0.224 e. The molecule has 2 N–H and O–H groups in total. The van der Waals surface area contributed by atoms with Crippen LogP contribution in [0, 0.1) is 5.92 Å². The van der Waals surface area contributed by atoms with Crippen LogP contribution in [0.4, 0.5) is 11.4 Å². The Morgan fingerprint density at radius 1 is 1.24 bits per heavy atom. The Morgan fingerprint density at radius 3 is 2.62 bits per heavy atom. The highest BCUT2D eigenvalue weighted by molar-refractivity contribution is 6.33. The van der Waals surface area contributed by atoms with E-state index in [-0.39, 0.29) is 5.91 Å². The van der Waals surface area contributed by atoms with Gasteiger partial charge in [0.05, 0.1) is 10.7 Å². The Morgan fingerprint density at radius 2 is 1.95 bits per heavy atom. The molecule has 1 aromatic carbocycles. The van der Waals surface area contributed by atoms with Gasteiger partial charge in [-0.15, -0.1) is 0 Å². The fourth-order valence-corrected chi connectivity index (χ4v) is 2.99. The monoisotopic (exact) mass is 308 g/mol. The molecule has 0 spiro atoms. The number of hydrogen-bond donors (Lipinski definition) is 2. The van der Waals surface area contributed by atoms with E-state index in [2.05, 4.69) is 10.6 Å². The van der Waals surface area contributed by atoms with Gasteiger partial charge in [-0.2, -0.15) is 0 Å². The average Bonchev–Trinajstić information content (AvgIpc) is 2.76. The second kappa shape index (κ2) is 8.28. The Balaban J connectivity index is 1.94. The Kier molecular flexibility index (Phi) is 6.37. The molecule has 0 atom stereocenters. The fourth-order valence-electron chi connectivity index (χ4n) is 2.81. The van der Waals surface area contributed by atoms with E-state index in [9.17, 15) is 4.79 Å². The molecule has 2 rings (SSSR count). The van der Waals surface area contributed by atoms with Crippen molar-refractivity contribution in [3.8, 4) is 0 Å².